The fourth-order valence-corrected chi connectivity index (χ4v) is 3.54. The molecule has 1 N–H and O–H groups in total. The van der Waals surface area contributed by atoms with Crippen molar-refractivity contribution in [2.45, 2.75) is 85.2 Å². The first-order chi connectivity index (χ1) is 11.3. The Morgan fingerprint density at radius 1 is 1.20 bits per heavy atom. The molecule has 0 amide bonds. The fraction of sp³-hybridized carbons (Fsp3) is 0.750. The van der Waals surface area contributed by atoms with E-state index in [-0.39, 0.29) is 23.0 Å². The van der Waals surface area contributed by atoms with Gasteiger partial charge >= 0.3 is 5.97 Å². The smallest absolute Gasteiger partial charge is 0.330 e. The summed E-state index contributed by atoms with van der Waals surface area (Å²) < 4.78 is 11.2. The lowest BCUT2D eigenvalue weighted by Crippen LogP contribution is -2.46. The zero-order valence-corrected chi connectivity index (χ0v) is 18.6. The Hall–Kier alpha value is -0.913. The molecule has 25 heavy (non-hydrogen) atoms. The molecule has 3 atom stereocenters. The number of ether oxygens (including phenoxy) is 1. The predicted octanol–water partition coefficient (Wildman–Crippen LogP) is 4.85. The Balaban J connectivity index is 4.66. The SMILES string of the molecule is CCOC(=O)/C=C/C(C)=C/C[C@H](O)[C@@H](C)[C@@H](C)O[Si](C)(C)C(C)(C)C. The third-order valence-electron chi connectivity index (χ3n) is 5.08. The largest absolute Gasteiger partial charge is 0.463 e. The summed E-state index contributed by atoms with van der Waals surface area (Å²) in [7, 11) is -1.84. The highest BCUT2D eigenvalue weighted by molar-refractivity contribution is 6.74. The molecule has 0 radical (unpaired) electrons. The molecule has 0 aliphatic carbocycles. The molecule has 0 bridgehead atoms. The first kappa shape index (κ1) is 24.1. The Morgan fingerprint density at radius 3 is 2.24 bits per heavy atom. The Kier molecular flexibility index (Phi) is 9.91. The van der Waals surface area contributed by atoms with E-state index in [1.807, 2.05) is 26.8 Å². The molecule has 0 saturated carbocycles. The van der Waals surface area contributed by atoms with Gasteiger partial charge in [-0.15, -0.1) is 0 Å². The number of hydrogen-bond donors (Lipinski definition) is 1. The van der Waals surface area contributed by atoms with Crippen LogP contribution in [0, 0.1) is 5.92 Å². The van der Waals surface area contributed by atoms with E-state index in [9.17, 15) is 9.90 Å². The number of hydrogen-bond acceptors (Lipinski definition) is 4. The van der Waals surface area contributed by atoms with Crippen molar-refractivity contribution in [3.05, 3.63) is 23.8 Å². The quantitative estimate of drug-likeness (QED) is 0.273. The van der Waals surface area contributed by atoms with Crippen molar-refractivity contribution in [2.75, 3.05) is 6.61 Å². The third-order valence-corrected chi connectivity index (χ3v) is 9.66. The minimum Gasteiger partial charge on any atom is -0.463 e. The lowest BCUT2D eigenvalue weighted by atomic mass is 9.96. The van der Waals surface area contributed by atoms with E-state index in [1.54, 1.807) is 13.0 Å². The Bertz CT molecular complexity index is 475. The highest BCUT2D eigenvalue weighted by atomic mass is 28.4. The third kappa shape index (κ3) is 8.84. The van der Waals surface area contributed by atoms with Crippen LogP contribution in [0.2, 0.25) is 18.1 Å². The molecule has 0 aromatic carbocycles. The van der Waals surface area contributed by atoms with Crippen LogP contribution < -0.4 is 0 Å². The van der Waals surface area contributed by atoms with Crippen LogP contribution in [0.3, 0.4) is 0 Å². The number of esters is 1. The van der Waals surface area contributed by atoms with Gasteiger partial charge in [0.15, 0.2) is 8.32 Å². The number of carbonyl (C=O) groups is 1. The van der Waals surface area contributed by atoms with Crippen molar-refractivity contribution in [3.63, 3.8) is 0 Å². The monoisotopic (exact) mass is 370 g/mol. The van der Waals surface area contributed by atoms with E-state index >= 15 is 0 Å². The molecule has 0 aliphatic heterocycles. The van der Waals surface area contributed by atoms with Crippen LogP contribution in [0.25, 0.3) is 0 Å². The summed E-state index contributed by atoms with van der Waals surface area (Å²) in [5, 5.41) is 10.6. The van der Waals surface area contributed by atoms with Gasteiger partial charge in [0, 0.05) is 18.1 Å². The standard InChI is InChI=1S/C20H38O4Si/c1-10-23-19(22)14-12-15(2)11-13-18(21)16(3)17(4)24-25(8,9)20(5,6)7/h11-12,14,16-18,21H,10,13H2,1-9H3/b14-12+,15-11+/t16-,17+,18-/m0/s1. The molecular formula is C20H38O4Si. The van der Waals surface area contributed by atoms with E-state index < -0.39 is 14.4 Å². The maximum absolute atomic E-state index is 11.3. The zero-order valence-electron chi connectivity index (χ0n) is 17.6. The van der Waals surface area contributed by atoms with Crippen LogP contribution in [0.5, 0.6) is 0 Å². The van der Waals surface area contributed by atoms with Crippen LogP contribution >= 0.6 is 0 Å². The van der Waals surface area contributed by atoms with Crippen LogP contribution in [-0.2, 0) is 14.0 Å². The maximum atomic E-state index is 11.3. The number of aliphatic hydroxyl groups is 1. The van der Waals surface area contributed by atoms with Crippen molar-refractivity contribution in [3.8, 4) is 0 Å². The van der Waals surface area contributed by atoms with Crippen molar-refractivity contribution in [2.24, 2.45) is 5.92 Å². The molecule has 4 nitrogen and oxygen atoms in total. The van der Waals surface area contributed by atoms with Crippen molar-refractivity contribution < 1.29 is 19.1 Å². The molecule has 0 heterocycles. The van der Waals surface area contributed by atoms with Crippen molar-refractivity contribution in [1.29, 1.82) is 0 Å². The highest BCUT2D eigenvalue weighted by Crippen LogP contribution is 2.38. The molecule has 0 fully saturated rings. The molecule has 5 heteroatoms. The van der Waals surface area contributed by atoms with Gasteiger partial charge in [-0.05, 0) is 45.3 Å². The van der Waals surface area contributed by atoms with Gasteiger partial charge in [0.2, 0.25) is 0 Å². The van der Waals surface area contributed by atoms with E-state index in [1.165, 1.54) is 6.08 Å². The van der Waals surface area contributed by atoms with E-state index in [0.717, 1.165) is 5.57 Å². The predicted molar refractivity (Wildman–Crippen MR) is 107 cm³/mol. The number of rotatable bonds is 9. The second kappa shape index (κ2) is 10.3. The average Bonchev–Trinajstić information content (AvgIpc) is 2.48. The first-order valence-corrected chi connectivity index (χ1v) is 12.1. The molecule has 0 aromatic rings. The molecule has 0 unspecified atom stereocenters. The summed E-state index contributed by atoms with van der Waals surface area (Å²) in [5.74, 6) is -0.312. The van der Waals surface area contributed by atoms with Gasteiger partial charge in [-0.1, -0.05) is 45.4 Å². The van der Waals surface area contributed by atoms with Gasteiger partial charge in [0.05, 0.1) is 12.7 Å². The van der Waals surface area contributed by atoms with Gasteiger partial charge in [-0.2, -0.15) is 0 Å². The summed E-state index contributed by atoms with van der Waals surface area (Å²) in [6, 6.07) is 0. The molecule has 0 rings (SSSR count). The van der Waals surface area contributed by atoms with Crippen LogP contribution in [0.1, 0.15) is 54.9 Å². The molecule has 0 aliphatic rings. The van der Waals surface area contributed by atoms with Gasteiger partial charge < -0.3 is 14.3 Å². The summed E-state index contributed by atoms with van der Waals surface area (Å²) in [5.41, 5.74) is 0.928. The molecule has 146 valence electrons. The van der Waals surface area contributed by atoms with Gasteiger partial charge in [-0.25, -0.2) is 4.79 Å². The molecule has 0 saturated heterocycles. The summed E-state index contributed by atoms with van der Waals surface area (Å²) in [4.78, 5) is 11.3. The van der Waals surface area contributed by atoms with Gasteiger partial charge in [0.1, 0.15) is 0 Å². The van der Waals surface area contributed by atoms with Crippen molar-refractivity contribution >= 4 is 14.3 Å². The Labute approximate surface area is 155 Å². The number of aliphatic hydroxyl groups excluding tert-OH is 1. The second-order valence-electron chi connectivity index (χ2n) is 8.28. The lowest BCUT2D eigenvalue weighted by molar-refractivity contribution is -0.137. The second-order valence-corrected chi connectivity index (χ2v) is 13.0. The molecule has 0 spiro atoms. The van der Waals surface area contributed by atoms with E-state index in [0.29, 0.717) is 13.0 Å². The normalized spacial score (nSPS) is 17.4. The first-order valence-electron chi connectivity index (χ1n) is 9.19. The fourth-order valence-electron chi connectivity index (χ4n) is 2.04. The van der Waals surface area contributed by atoms with Gasteiger partial charge in [-0.3, -0.25) is 0 Å². The maximum Gasteiger partial charge on any atom is 0.330 e. The van der Waals surface area contributed by atoms with Crippen LogP contribution in [0.15, 0.2) is 23.8 Å². The van der Waals surface area contributed by atoms with Gasteiger partial charge in [0.25, 0.3) is 0 Å². The Morgan fingerprint density at radius 2 is 1.76 bits per heavy atom. The lowest BCUT2D eigenvalue weighted by Gasteiger charge is -2.40. The van der Waals surface area contributed by atoms with E-state index in [4.69, 9.17) is 9.16 Å². The summed E-state index contributed by atoms with van der Waals surface area (Å²) in [6.07, 6.45) is 5.12. The summed E-state index contributed by atoms with van der Waals surface area (Å²) in [6.45, 7) is 19.2. The van der Waals surface area contributed by atoms with Crippen LogP contribution in [-0.4, -0.2) is 38.2 Å². The number of carbonyl (C=O) groups excluding carboxylic acids is 1. The summed E-state index contributed by atoms with van der Waals surface area (Å²) >= 11 is 0. The average molecular weight is 371 g/mol. The van der Waals surface area contributed by atoms with Crippen molar-refractivity contribution in [1.82, 2.24) is 0 Å². The minimum absolute atomic E-state index is 0.000304. The topological polar surface area (TPSA) is 55.8 Å². The minimum atomic E-state index is -1.84. The molecular weight excluding hydrogens is 332 g/mol. The van der Waals surface area contributed by atoms with Crippen LogP contribution in [0.4, 0.5) is 0 Å². The molecule has 0 aromatic heterocycles. The van der Waals surface area contributed by atoms with E-state index in [2.05, 4.69) is 33.9 Å². The number of allylic oxidation sites excluding steroid dienone is 2. The zero-order chi connectivity index (χ0) is 19.8. The highest BCUT2D eigenvalue weighted by Gasteiger charge is 2.39.